The summed E-state index contributed by atoms with van der Waals surface area (Å²) in [6.45, 7) is 3.19. The molecule has 23 heavy (non-hydrogen) atoms. The lowest BCUT2D eigenvalue weighted by Crippen LogP contribution is -2.26. The number of hydrogen-bond acceptors (Lipinski definition) is 4. The highest BCUT2D eigenvalue weighted by Gasteiger charge is 2.23. The average Bonchev–Trinajstić information content (AvgIpc) is 3.14. The Hall–Kier alpha value is -2.40. The number of anilines is 1. The van der Waals surface area contributed by atoms with E-state index < -0.39 is 0 Å². The third kappa shape index (κ3) is 3.35. The smallest absolute Gasteiger partial charge is 0.223 e. The van der Waals surface area contributed by atoms with Crippen LogP contribution in [0.5, 0.6) is 0 Å². The number of carbonyl (C=O) groups excluding carboxylic acids is 2. The molecule has 0 bridgehead atoms. The van der Waals surface area contributed by atoms with Crippen molar-refractivity contribution in [2.45, 2.75) is 19.9 Å². The van der Waals surface area contributed by atoms with Crippen LogP contribution in [0.1, 0.15) is 28.6 Å². The second-order valence-electron chi connectivity index (χ2n) is 5.94. The Balaban J connectivity index is 1.67. The molecule has 0 saturated carbocycles. The van der Waals surface area contributed by atoms with Crippen LogP contribution in [0.25, 0.3) is 0 Å². The molecule has 1 aromatic carbocycles. The number of carbonyl (C=O) groups is 2. The Morgan fingerprint density at radius 1 is 1.30 bits per heavy atom. The molecule has 2 aromatic rings. The van der Waals surface area contributed by atoms with Crippen molar-refractivity contribution in [3.63, 3.8) is 0 Å². The largest absolute Gasteiger partial charge is 0.468 e. The summed E-state index contributed by atoms with van der Waals surface area (Å²) in [6.07, 6.45) is 2.44. The summed E-state index contributed by atoms with van der Waals surface area (Å²) in [4.78, 5) is 27.7. The molecule has 0 N–H and O–H groups in total. The molecule has 120 valence electrons. The number of hydrogen-bond donors (Lipinski definition) is 0. The number of furan rings is 1. The van der Waals surface area contributed by atoms with E-state index in [1.54, 1.807) is 18.1 Å². The van der Waals surface area contributed by atoms with Gasteiger partial charge >= 0.3 is 0 Å². The molecule has 0 aliphatic carbocycles. The number of amides is 1. The lowest BCUT2D eigenvalue weighted by Gasteiger charge is -2.16. The van der Waals surface area contributed by atoms with E-state index in [2.05, 4.69) is 0 Å². The van der Waals surface area contributed by atoms with Crippen LogP contribution in [-0.4, -0.2) is 36.7 Å². The minimum atomic E-state index is 0.0426. The molecular formula is C18H20N2O3. The van der Waals surface area contributed by atoms with Crippen LogP contribution in [0.2, 0.25) is 0 Å². The molecule has 1 aliphatic heterocycles. The third-order valence-electron chi connectivity index (χ3n) is 4.10. The van der Waals surface area contributed by atoms with Crippen LogP contribution in [0.15, 0.2) is 41.0 Å². The fourth-order valence-electron chi connectivity index (χ4n) is 2.96. The van der Waals surface area contributed by atoms with Gasteiger partial charge in [0.2, 0.25) is 5.91 Å². The van der Waals surface area contributed by atoms with Gasteiger partial charge in [-0.2, -0.15) is 0 Å². The van der Waals surface area contributed by atoms with Gasteiger partial charge in [-0.05, 0) is 49.4 Å². The summed E-state index contributed by atoms with van der Waals surface area (Å²) >= 11 is 0. The second kappa shape index (κ2) is 6.38. The Morgan fingerprint density at radius 3 is 2.83 bits per heavy atom. The molecule has 2 heterocycles. The quantitative estimate of drug-likeness (QED) is 0.796. The molecule has 1 aromatic heterocycles. The number of rotatable bonds is 5. The maximum absolute atomic E-state index is 12.4. The summed E-state index contributed by atoms with van der Waals surface area (Å²) in [6, 6.07) is 9.34. The minimum Gasteiger partial charge on any atom is -0.468 e. The van der Waals surface area contributed by atoms with E-state index >= 15 is 0 Å². The lowest BCUT2D eigenvalue weighted by atomic mass is 10.0. The minimum absolute atomic E-state index is 0.0426. The van der Waals surface area contributed by atoms with Gasteiger partial charge in [0.05, 0.1) is 19.4 Å². The topological polar surface area (TPSA) is 53.8 Å². The summed E-state index contributed by atoms with van der Waals surface area (Å²) < 4.78 is 5.30. The van der Waals surface area contributed by atoms with Crippen molar-refractivity contribution in [3.05, 3.63) is 53.5 Å². The van der Waals surface area contributed by atoms with E-state index in [0.29, 0.717) is 25.2 Å². The molecule has 0 spiro atoms. The zero-order valence-corrected chi connectivity index (χ0v) is 13.4. The normalized spacial score (nSPS) is 13.4. The molecule has 0 saturated heterocycles. The molecule has 0 atom stereocenters. The van der Waals surface area contributed by atoms with E-state index in [-0.39, 0.29) is 11.7 Å². The van der Waals surface area contributed by atoms with Crippen LogP contribution in [0, 0.1) is 0 Å². The molecular weight excluding hydrogens is 292 g/mol. The Kier molecular flexibility index (Phi) is 4.30. The monoisotopic (exact) mass is 312 g/mol. The zero-order valence-electron chi connectivity index (χ0n) is 13.4. The summed E-state index contributed by atoms with van der Waals surface area (Å²) in [5.41, 5.74) is 2.69. The Morgan fingerprint density at radius 2 is 2.13 bits per heavy atom. The van der Waals surface area contributed by atoms with Crippen LogP contribution in [0.4, 0.5) is 5.69 Å². The first kappa shape index (κ1) is 15.5. The second-order valence-corrected chi connectivity index (χ2v) is 5.94. The highest BCUT2D eigenvalue weighted by molar-refractivity contribution is 5.99. The molecule has 0 radical (unpaired) electrons. The number of Topliss-reactive ketones (excluding diaryl/α,β-unsaturated/α-hetero) is 1. The molecule has 5 nitrogen and oxygen atoms in total. The highest BCUT2D eigenvalue weighted by Crippen LogP contribution is 2.29. The first-order valence-electron chi connectivity index (χ1n) is 7.70. The third-order valence-corrected chi connectivity index (χ3v) is 4.10. The van der Waals surface area contributed by atoms with Gasteiger partial charge in [0.15, 0.2) is 5.78 Å². The predicted molar refractivity (Wildman–Crippen MR) is 87.5 cm³/mol. The number of likely N-dealkylation sites (N-methyl/N-ethyl adjacent to an activating group) is 1. The van der Waals surface area contributed by atoms with Gasteiger partial charge in [0.1, 0.15) is 5.76 Å². The van der Waals surface area contributed by atoms with E-state index in [4.69, 9.17) is 4.42 Å². The first-order valence-corrected chi connectivity index (χ1v) is 7.70. The fraction of sp³-hybridized carbons (Fsp3) is 0.333. The zero-order chi connectivity index (χ0) is 16.4. The van der Waals surface area contributed by atoms with Gasteiger partial charge in [-0.15, -0.1) is 0 Å². The average molecular weight is 312 g/mol. The predicted octanol–water partition coefficient (Wildman–Crippen LogP) is 2.50. The highest BCUT2D eigenvalue weighted by atomic mass is 16.3. The van der Waals surface area contributed by atoms with Crippen molar-refractivity contribution in [2.75, 3.05) is 25.0 Å². The van der Waals surface area contributed by atoms with Gasteiger partial charge in [0, 0.05) is 24.7 Å². The number of fused-ring (bicyclic) bond motifs is 1. The molecule has 3 rings (SSSR count). The van der Waals surface area contributed by atoms with Gasteiger partial charge in [0.25, 0.3) is 0 Å². The van der Waals surface area contributed by atoms with Gasteiger partial charge in [-0.1, -0.05) is 0 Å². The fourth-order valence-corrected chi connectivity index (χ4v) is 2.96. The Labute approximate surface area is 135 Å². The molecule has 1 aliphatic rings. The van der Waals surface area contributed by atoms with Gasteiger partial charge in [-0.3, -0.25) is 14.5 Å². The van der Waals surface area contributed by atoms with Crippen molar-refractivity contribution in [3.8, 4) is 0 Å². The number of nitrogens with zero attached hydrogens (tertiary/aromatic N) is 2. The van der Waals surface area contributed by atoms with Gasteiger partial charge < -0.3 is 9.32 Å². The maximum Gasteiger partial charge on any atom is 0.223 e. The maximum atomic E-state index is 12.4. The van der Waals surface area contributed by atoms with Crippen molar-refractivity contribution in [1.29, 1.82) is 0 Å². The van der Waals surface area contributed by atoms with E-state index in [9.17, 15) is 9.59 Å². The molecule has 5 heteroatoms. The summed E-state index contributed by atoms with van der Waals surface area (Å²) in [7, 11) is 1.89. The van der Waals surface area contributed by atoms with Crippen LogP contribution >= 0.6 is 0 Å². The number of benzene rings is 1. The van der Waals surface area contributed by atoms with Crippen LogP contribution < -0.4 is 4.90 Å². The van der Waals surface area contributed by atoms with Crippen molar-refractivity contribution < 1.29 is 14.0 Å². The molecule has 1 amide bonds. The van der Waals surface area contributed by atoms with Crippen LogP contribution in [0.3, 0.4) is 0 Å². The number of ketones is 1. The summed E-state index contributed by atoms with van der Waals surface area (Å²) in [5.74, 6) is 0.954. The van der Waals surface area contributed by atoms with Gasteiger partial charge in [-0.25, -0.2) is 0 Å². The van der Waals surface area contributed by atoms with E-state index in [1.807, 2.05) is 42.3 Å². The SMILES string of the molecule is CC(=O)N1CCc2cc(C(=O)CN(C)Cc3ccco3)ccc21. The molecule has 0 fully saturated rings. The summed E-state index contributed by atoms with van der Waals surface area (Å²) in [5, 5.41) is 0. The van der Waals surface area contributed by atoms with Crippen molar-refractivity contribution in [2.24, 2.45) is 0 Å². The lowest BCUT2D eigenvalue weighted by molar-refractivity contribution is -0.116. The van der Waals surface area contributed by atoms with Crippen molar-refractivity contribution in [1.82, 2.24) is 4.90 Å². The van der Waals surface area contributed by atoms with Crippen LogP contribution in [-0.2, 0) is 17.8 Å². The Bertz CT molecular complexity index is 722. The molecule has 0 unspecified atom stereocenters. The standard InChI is InChI=1S/C18H20N2O3/c1-13(21)20-8-7-14-10-15(5-6-17(14)20)18(22)12-19(2)11-16-4-3-9-23-16/h3-6,9-10H,7-8,11-12H2,1-2H3. The van der Waals surface area contributed by atoms with E-state index in [0.717, 1.165) is 23.4 Å². The first-order chi connectivity index (χ1) is 11.0. The van der Waals surface area contributed by atoms with Crippen molar-refractivity contribution >= 4 is 17.4 Å². The van der Waals surface area contributed by atoms with E-state index in [1.165, 1.54) is 0 Å².